The van der Waals surface area contributed by atoms with Gasteiger partial charge in [0, 0.05) is 30.5 Å². The average Bonchev–Trinajstić information content (AvgIpc) is 2.78. The summed E-state index contributed by atoms with van der Waals surface area (Å²) in [5, 5.41) is 11.3. The molecule has 0 aromatic heterocycles. The van der Waals surface area contributed by atoms with E-state index in [0.717, 1.165) is 5.56 Å². The summed E-state index contributed by atoms with van der Waals surface area (Å²) in [5.74, 6) is -1.67. The molecule has 0 fully saturated rings. The van der Waals surface area contributed by atoms with Gasteiger partial charge in [-0.3, -0.25) is 14.9 Å². The van der Waals surface area contributed by atoms with Crippen LogP contribution < -0.4 is 5.73 Å². The lowest BCUT2D eigenvalue weighted by molar-refractivity contribution is -0.384. The Hall–Kier alpha value is -3.94. The monoisotopic (exact) mass is 434 g/mol. The number of ketones is 1. The maximum atomic E-state index is 13.4. The van der Waals surface area contributed by atoms with Crippen LogP contribution in [0, 0.1) is 10.1 Å². The molecule has 2 unspecified atom stereocenters. The van der Waals surface area contributed by atoms with Crippen LogP contribution >= 0.6 is 0 Å². The number of allylic oxidation sites excluding steroid dienone is 2. The molecule has 0 amide bonds. The van der Waals surface area contributed by atoms with Crippen molar-refractivity contribution in [3.05, 3.63) is 98.6 Å². The lowest BCUT2D eigenvalue weighted by Crippen LogP contribution is -2.33. The summed E-state index contributed by atoms with van der Waals surface area (Å²) in [6.07, 6.45) is 0.654. The van der Waals surface area contributed by atoms with Crippen LogP contribution in [-0.2, 0) is 19.1 Å². The van der Waals surface area contributed by atoms with E-state index in [2.05, 4.69) is 0 Å². The number of nitro benzene ring substituents is 1. The van der Waals surface area contributed by atoms with Crippen LogP contribution in [-0.4, -0.2) is 23.3 Å². The van der Waals surface area contributed by atoms with Gasteiger partial charge in [0.1, 0.15) is 11.3 Å². The van der Waals surface area contributed by atoms with E-state index < -0.39 is 16.8 Å². The number of hydrogen-bond donors (Lipinski definition) is 1. The molecule has 164 valence electrons. The molecular weight excluding hydrogens is 412 g/mol. The first-order chi connectivity index (χ1) is 15.4. The number of carbonyl (C=O) groups excluding carboxylic acids is 2. The van der Waals surface area contributed by atoms with Crippen LogP contribution in [0.4, 0.5) is 5.69 Å². The molecule has 4 rings (SSSR count). The average molecular weight is 434 g/mol. The molecule has 2 aliphatic rings. The summed E-state index contributed by atoms with van der Waals surface area (Å²) in [4.78, 5) is 36.9. The summed E-state index contributed by atoms with van der Waals surface area (Å²) in [7, 11) is 0. The molecule has 0 radical (unpaired) electrons. The Bertz CT molecular complexity index is 1150. The van der Waals surface area contributed by atoms with E-state index in [1.165, 1.54) is 18.2 Å². The zero-order valence-electron chi connectivity index (χ0n) is 17.4. The maximum absolute atomic E-state index is 13.4. The van der Waals surface area contributed by atoms with Crippen molar-refractivity contribution in [3.8, 4) is 0 Å². The van der Waals surface area contributed by atoms with E-state index in [4.69, 9.17) is 15.2 Å². The van der Waals surface area contributed by atoms with Gasteiger partial charge in [0.2, 0.25) is 5.88 Å². The molecule has 1 aliphatic carbocycles. The highest BCUT2D eigenvalue weighted by molar-refractivity contribution is 6.03. The molecule has 1 heterocycles. The van der Waals surface area contributed by atoms with Crippen molar-refractivity contribution in [1.29, 1.82) is 0 Å². The first kappa shape index (κ1) is 21.3. The first-order valence-electron chi connectivity index (χ1n) is 10.3. The maximum Gasteiger partial charge on any atom is 0.340 e. The Balaban J connectivity index is 1.83. The molecule has 0 saturated carbocycles. The normalized spacial score (nSPS) is 20.5. The highest BCUT2D eigenvalue weighted by Gasteiger charge is 2.43. The number of esters is 1. The number of nitro groups is 1. The number of carbonyl (C=O) groups is 2. The number of non-ortho nitro benzene ring substituents is 1. The van der Waals surface area contributed by atoms with Crippen molar-refractivity contribution in [2.45, 2.75) is 31.6 Å². The lowest BCUT2D eigenvalue weighted by atomic mass is 9.73. The molecule has 0 spiro atoms. The van der Waals surface area contributed by atoms with Gasteiger partial charge in [0.25, 0.3) is 5.69 Å². The highest BCUT2D eigenvalue weighted by atomic mass is 16.6. The third-order valence-electron chi connectivity index (χ3n) is 5.72. The van der Waals surface area contributed by atoms with Crippen LogP contribution in [0.1, 0.15) is 42.7 Å². The van der Waals surface area contributed by atoms with Crippen molar-refractivity contribution in [3.63, 3.8) is 0 Å². The molecule has 0 saturated heterocycles. The summed E-state index contributed by atoms with van der Waals surface area (Å²) < 4.78 is 11.0. The SMILES string of the molecule is CCOC(=O)C1=C(N)OC2=C(C(=O)CC(c3ccccc3)C2)C1c1cccc([N+](=O)[O-])c1. The Morgan fingerprint density at radius 2 is 1.88 bits per heavy atom. The fourth-order valence-corrected chi connectivity index (χ4v) is 4.33. The van der Waals surface area contributed by atoms with E-state index in [1.54, 1.807) is 13.0 Å². The third-order valence-corrected chi connectivity index (χ3v) is 5.72. The van der Waals surface area contributed by atoms with Crippen LogP contribution in [0.5, 0.6) is 0 Å². The Kier molecular flexibility index (Phi) is 5.77. The Morgan fingerprint density at radius 3 is 2.56 bits per heavy atom. The minimum atomic E-state index is -0.901. The van der Waals surface area contributed by atoms with E-state index in [1.807, 2.05) is 30.3 Å². The number of nitrogens with two attached hydrogens (primary N) is 1. The largest absolute Gasteiger partial charge is 0.462 e. The smallest absolute Gasteiger partial charge is 0.340 e. The molecule has 8 heteroatoms. The van der Waals surface area contributed by atoms with Crippen LogP contribution in [0.2, 0.25) is 0 Å². The fourth-order valence-electron chi connectivity index (χ4n) is 4.33. The zero-order chi connectivity index (χ0) is 22.8. The number of Topliss-reactive ketones (excluding diaryl/α,β-unsaturated/α-hetero) is 1. The molecular formula is C24H22N2O6. The third kappa shape index (κ3) is 3.87. The summed E-state index contributed by atoms with van der Waals surface area (Å²) in [6, 6.07) is 15.5. The zero-order valence-corrected chi connectivity index (χ0v) is 17.4. The molecule has 32 heavy (non-hydrogen) atoms. The molecule has 2 N–H and O–H groups in total. The van der Waals surface area contributed by atoms with E-state index in [0.29, 0.717) is 23.3 Å². The summed E-state index contributed by atoms with van der Waals surface area (Å²) in [5.41, 5.74) is 7.70. The molecule has 2 aromatic carbocycles. The Labute approximate surface area is 184 Å². The molecule has 8 nitrogen and oxygen atoms in total. The van der Waals surface area contributed by atoms with Gasteiger partial charge in [-0.25, -0.2) is 4.79 Å². The fraction of sp³-hybridized carbons (Fsp3) is 0.250. The summed E-state index contributed by atoms with van der Waals surface area (Å²) in [6.45, 7) is 1.76. The van der Waals surface area contributed by atoms with Crippen LogP contribution in [0.15, 0.2) is 77.4 Å². The molecule has 0 bridgehead atoms. The number of rotatable bonds is 5. The quantitative estimate of drug-likeness (QED) is 0.431. The number of ether oxygens (including phenoxy) is 2. The second kappa shape index (κ2) is 8.66. The van der Waals surface area contributed by atoms with Gasteiger partial charge in [0.05, 0.1) is 17.4 Å². The predicted octanol–water partition coefficient (Wildman–Crippen LogP) is 3.84. The van der Waals surface area contributed by atoms with Crippen molar-refractivity contribution >= 4 is 17.4 Å². The van der Waals surface area contributed by atoms with Gasteiger partial charge in [-0.1, -0.05) is 42.5 Å². The van der Waals surface area contributed by atoms with Crippen LogP contribution in [0.25, 0.3) is 0 Å². The van der Waals surface area contributed by atoms with E-state index >= 15 is 0 Å². The number of nitrogens with zero attached hydrogens (tertiary/aromatic N) is 1. The van der Waals surface area contributed by atoms with Gasteiger partial charge in [-0.15, -0.1) is 0 Å². The van der Waals surface area contributed by atoms with Gasteiger partial charge in [-0.05, 0) is 24.0 Å². The van der Waals surface area contributed by atoms with Gasteiger partial charge >= 0.3 is 5.97 Å². The van der Waals surface area contributed by atoms with E-state index in [9.17, 15) is 19.7 Å². The van der Waals surface area contributed by atoms with Gasteiger partial charge in [0.15, 0.2) is 5.78 Å². The van der Waals surface area contributed by atoms with Gasteiger partial charge in [-0.2, -0.15) is 0 Å². The molecule has 2 atom stereocenters. The van der Waals surface area contributed by atoms with Crippen molar-refractivity contribution in [1.82, 2.24) is 0 Å². The Morgan fingerprint density at radius 1 is 1.16 bits per heavy atom. The van der Waals surface area contributed by atoms with Crippen molar-refractivity contribution in [2.24, 2.45) is 5.73 Å². The molecule has 1 aliphatic heterocycles. The highest BCUT2D eigenvalue weighted by Crippen LogP contribution is 2.47. The topological polar surface area (TPSA) is 122 Å². The minimum Gasteiger partial charge on any atom is -0.462 e. The predicted molar refractivity (Wildman–Crippen MR) is 115 cm³/mol. The number of benzene rings is 2. The van der Waals surface area contributed by atoms with E-state index in [-0.39, 0.29) is 41.9 Å². The second-order valence-corrected chi connectivity index (χ2v) is 7.66. The second-order valence-electron chi connectivity index (χ2n) is 7.66. The van der Waals surface area contributed by atoms with Crippen molar-refractivity contribution in [2.75, 3.05) is 6.61 Å². The van der Waals surface area contributed by atoms with Crippen LogP contribution in [0.3, 0.4) is 0 Å². The first-order valence-corrected chi connectivity index (χ1v) is 10.3. The molecule has 2 aromatic rings. The standard InChI is InChI=1S/C24H22N2O6/c1-2-31-24(28)22-20(15-9-6-10-17(11-15)26(29)30)21-18(27)12-16(13-19(21)32-23(22)25)14-7-4-3-5-8-14/h3-11,16,20H,2,12-13,25H2,1H3. The van der Waals surface area contributed by atoms with Crippen molar-refractivity contribution < 1.29 is 24.0 Å². The minimum absolute atomic E-state index is 0.0161. The van der Waals surface area contributed by atoms with Gasteiger partial charge < -0.3 is 15.2 Å². The lowest BCUT2D eigenvalue weighted by Gasteiger charge is -2.35. The number of hydrogen-bond acceptors (Lipinski definition) is 7. The summed E-state index contributed by atoms with van der Waals surface area (Å²) >= 11 is 0.